The van der Waals surface area contributed by atoms with Crippen LogP contribution in [0.15, 0.2) is 0 Å². The lowest BCUT2D eigenvalue weighted by atomic mass is 9.78. The number of fused-ring (bicyclic) bond motifs is 3. The Morgan fingerprint density at radius 2 is 1.42 bits per heavy atom. The van der Waals surface area contributed by atoms with Gasteiger partial charge >= 0.3 is 5.97 Å². The molecule has 6 aliphatic rings. The molecule has 6 rings (SSSR count). The Morgan fingerprint density at radius 1 is 0.769 bits per heavy atom. The second-order valence-electron chi connectivity index (χ2n) is 9.61. The quantitative estimate of drug-likeness (QED) is 0.556. The fourth-order valence-corrected chi connectivity index (χ4v) is 6.00. The van der Waals surface area contributed by atoms with Crippen molar-refractivity contribution in [3.63, 3.8) is 0 Å². The predicted molar refractivity (Wildman–Crippen MR) is 92.5 cm³/mol. The number of ether oxygens (including phenoxy) is 4. The van der Waals surface area contributed by atoms with Crippen LogP contribution in [0.4, 0.5) is 0 Å². The fraction of sp³-hybridized carbons (Fsp3) is 0.952. The zero-order chi connectivity index (χ0) is 17.3. The van der Waals surface area contributed by atoms with Crippen LogP contribution >= 0.6 is 0 Å². The van der Waals surface area contributed by atoms with Crippen LogP contribution < -0.4 is 0 Å². The molecule has 6 fully saturated rings. The first-order chi connectivity index (χ1) is 12.7. The molecule has 26 heavy (non-hydrogen) atoms. The molecular formula is C21H30O5. The van der Waals surface area contributed by atoms with E-state index in [1.807, 2.05) is 0 Å². The van der Waals surface area contributed by atoms with Crippen LogP contribution in [0.1, 0.15) is 64.2 Å². The fourth-order valence-electron chi connectivity index (χ4n) is 6.00. The number of carbonyl (C=O) groups excluding carboxylic acids is 1. The molecule has 3 aliphatic carbocycles. The van der Waals surface area contributed by atoms with E-state index in [0.29, 0.717) is 48.5 Å². The molecule has 0 amide bonds. The summed E-state index contributed by atoms with van der Waals surface area (Å²) in [5, 5.41) is 0. The molecule has 0 radical (unpaired) electrons. The number of esters is 1. The van der Waals surface area contributed by atoms with Crippen molar-refractivity contribution in [3.8, 4) is 0 Å². The summed E-state index contributed by atoms with van der Waals surface area (Å²) in [6.07, 6.45) is 13.6. The highest BCUT2D eigenvalue weighted by molar-refractivity contribution is 5.73. The maximum atomic E-state index is 12.9. The highest BCUT2D eigenvalue weighted by Crippen LogP contribution is 2.46. The zero-order valence-corrected chi connectivity index (χ0v) is 15.4. The Hall–Kier alpha value is -0.650. The second kappa shape index (κ2) is 6.18. The van der Waals surface area contributed by atoms with E-state index in [4.69, 9.17) is 18.9 Å². The van der Waals surface area contributed by atoms with Crippen molar-refractivity contribution < 1.29 is 23.7 Å². The summed E-state index contributed by atoms with van der Waals surface area (Å²) < 4.78 is 23.3. The topological polar surface area (TPSA) is 63.9 Å². The molecule has 0 N–H and O–H groups in total. The van der Waals surface area contributed by atoms with Crippen molar-refractivity contribution in [2.45, 2.75) is 107 Å². The van der Waals surface area contributed by atoms with Gasteiger partial charge in [-0.1, -0.05) is 0 Å². The van der Waals surface area contributed by atoms with Crippen molar-refractivity contribution in [3.05, 3.63) is 0 Å². The first-order valence-corrected chi connectivity index (χ1v) is 10.9. The van der Waals surface area contributed by atoms with E-state index in [1.54, 1.807) is 0 Å². The molecule has 0 spiro atoms. The molecule has 3 aliphatic heterocycles. The monoisotopic (exact) mass is 362 g/mol. The highest BCUT2D eigenvalue weighted by Gasteiger charge is 2.50. The number of hydrogen-bond donors (Lipinski definition) is 0. The molecule has 10 unspecified atom stereocenters. The molecule has 144 valence electrons. The van der Waals surface area contributed by atoms with Gasteiger partial charge in [-0.25, -0.2) is 0 Å². The Bertz CT molecular complexity index is 579. The van der Waals surface area contributed by atoms with Crippen LogP contribution in [-0.2, 0) is 23.7 Å². The molecule has 10 atom stereocenters. The van der Waals surface area contributed by atoms with Crippen LogP contribution in [0.3, 0.4) is 0 Å². The van der Waals surface area contributed by atoms with Crippen molar-refractivity contribution in [2.75, 3.05) is 0 Å². The summed E-state index contributed by atoms with van der Waals surface area (Å²) >= 11 is 0. The molecule has 0 aromatic rings. The molecule has 3 saturated carbocycles. The third kappa shape index (κ3) is 3.20. The summed E-state index contributed by atoms with van der Waals surface area (Å²) in [7, 11) is 0. The van der Waals surface area contributed by atoms with Gasteiger partial charge in [-0.15, -0.1) is 0 Å². The summed E-state index contributed by atoms with van der Waals surface area (Å²) in [5.41, 5.74) is 0. The van der Waals surface area contributed by atoms with E-state index in [1.165, 1.54) is 12.8 Å². The SMILES string of the molecule is O=C(OC(CC1CCC2OC2C1)C1CCC2OC2C1)C1CCC2OC2C1. The smallest absolute Gasteiger partial charge is 0.309 e. The lowest BCUT2D eigenvalue weighted by molar-refractivity contribution is -0.159. The minimum Gasteiger partial charge on any atom is -0.462 e. The van der Waals surface area contributed by atoms with E-state index < -0.39 is 0 Å². The van der Waals surface area contributed by atoms with Gasteiger partial charge < -0.3 is 18.9 Å². The number of rotatable bonds is 5. The molecule has 3 saturated heterocycles. The van der Waals surface area contributed by atoms with Gasteiger partial charge in [-0.05, 0) is 76.0 Å². The summed E-state index contributed by atoms with van der Waals surface area (Å²) in [4.78, 5) is 12.9. The first-order valence-electron chi connectivity index (χ1n) is 10.9. The third-order valence-electron chi connectivity index (χ3n) is 7.85. The highest BCUT2D eigenvalue weighted by atomic mass is 16.6. The number of hydrogen-bond acceptors (Lipinski definition) is 5. The lowest BCUT2D eigenvalue weighted by Crippen LogP contribution is -2.36. The largest absolute Gasteiger partial charge is 0.462 e. The molecule has 0 bridgehead atoms. The zero-order valence-electron chi connectivity index (χ0n) is 15.4. The number of carbonyl (C=O) groups is 1. The standard InChI is InChI=1S/C21H30O5/c22-21(13-3-6-16-20(10-13)25-16)26-17(12-2-5-15-19(9-12)24-15)7-11-1-4-14-18(8-11)23-14/h11-20H,1-10H2. The molecule has 0 aromatic heterocycles. The summed E-state index contributed by atoms with van der Waals surface area (Å²) in [6, 6.07) is 0. The van der Waals surface area contributed by atoms with E-state index in [-0.39, 0.29) is 18.0 Å². The van der Waals surface area contributed by atoms with Gasteiger partial charge in [-0.3, -0.25) is 4.79 Å². The van der Waals surface area contributed by atoms with Gasteiger partial charge in [0.1, 0.15) is 6.10 Å². The average molecular weight is 362 g/mol. The molecule has 0 aromatic carbocycles. The average Bonchev–Trinajstić information content (AvgIpc) is 3.52. The van der Waals surface area contributed by atoms with E-state index in [9.17, 15) is 4.79 Å². The van der Waals surface area contributed by atoms with Gasteiger partial charge in [0.15, 0.2) is 0 Å². The van der Waals surface area contributed by atoms with Crippen LogP contribution in [0.25, 0.3) is 0 Å². The normalized spacial score (nSPS) is 52.1. The lowest BCUT2D eigenvalue weighted by Gasteiger charge is -2.33. The maximum Gasteiger partial charge on any atom is 0.309 e. The number of epoxide rings is 3. The molecule has 3 heterocycles. The van der Waals surface area contributed by atoms with Crippen molar-refractivity contribution in [1.82, 2.24) is 0 Å². The van der Waals surface area contributed by atoms with Crippen LogP contribution in [0.2, 0.25) is 0 Å². The van der Waals surface area contributed by atoms with Crippen LogP contribution in [0, 0.1) is 17.8 Å². The van der Waals surface area contributed by atoms with Crippen molar-refractivity contribution in [2.24, 2.45) is 17.8 Å². The van der Waals surface area contributed by atoms with Gasteiger partial charge in [0, 0.05) is 0 Å². The Labute approximate surface area is 155 Å². The minimum atomic E-state index is 0.0409. The van der Waals surface area contributed by atoms with Crippen molar-refractivity contribution in [1.29, 1.82) is 0 Å². The maximum absolute atomic E-state index is 12.9. The minimum absolute atomic E-state index is 0.0409. The Kier molecular flexibility index (Phi) is 3.88. The summed E-state index contributed by atoms with van der Waals surface area (Å²) in [5.74, 6) is 1.22. The van der Waals surface area contributed by atoms with E-state index >= 15 is 0 Å². The third-order valence-corrected chi connectivity index (χ3v) is 7.85. The molecule has 5 nitrogen and oxygen atoms in total. The van der Waals surface area contributed by atoms with Gasteiger partial charge in [0.2, 0.25) is 0 Å². The Balaban J connectivity index is 1.11. The van der Waals surface area contributed by atoms with Gasteiger partial charge in [-0.2, -0.15) is 0 Å². The molecular weight excluding hydrogens is 332 g/mol. The molecule has 5 heteroatoms. The second-order valence-corrected chi connectivity index (χ2v) is 9.61. The van der Waals surface area contributed by atoms with Gasteiger partial charge in [0.25, 0.3) is 0 Å². The first kappa shape index (κ1) is 16.3. The van der Waals surface area contributed by atoms with Crippen LogP contribution in [-0.4, -0.2) is 48.7 Å². The predicted octanol–water partition coefficient (Wildman–Crippen LogP) is 2.99. The Morgan fingerprint density at radius 3 is 2.12 bits per heavy atom. The van der Waals surface area contributed by atoms with Gasteiger partial charge in [0.05, 0.1) is 42.5 Å². The van der Waals surface area contributed by atoms with E-state index in [0.717, 1.165) is 51.4 Å². The van der Waals surface area contributed by atoms with Crippen LogP contribution in [0.5, 0.6) is 0 Å². The van der Waals surface area contributed by atoms with Crippen molar-refractivity contribution >= 4 is 5.97 Å². The summed E-state index contributed by atoms with van der Waals surface area (Å²) in [6.45, 7) is 0. The van der Waals surface area contributed by atoms with E-state index in [2.05, 4.69) is 0 Å².